The van der Waals surface area contributed by atoms with Gasteiger partial charge in [-0.2, -0.15) is 0 Å². The van der Waals surface area contributed by atoms with Gasteiger partial charge in [0, 0.05) is 6.07 Å². The minimum absolute atomic E-state index is 0.138. The zero-order valence-electron chi connectivity index (χ0n) is 10.4. The van der Waals surface area contributed by atoms with Gasteiger partial charge in [-0.05, 0) is 6.07 Å². The number of hydrogen-bond donors (Lipinski definition) is 1. The first-order chi connectivity index (χ1) is 9.91. The van der Waals surface area contributed by atoms with Gasteiger partial charge in [0.05, 0.1) is 16.9 Å². The fourth-order valence-corrected chi connectivity index (χ4v) is 2.47. The van der Waals surface area contributed by atoms with Gasteiger partial charge < -0.3 is 0 Å². The molecule has 0 unspecified atom stereocenters. The predicted octanol–water partition coefficient (Wildman–Crippen LogP) is -0.394. The standard InChI is InChI=1S/C12H7N3O6/c16-8-4-7(10(17)13-8)14-11(18)5-2-1-3-6(15(20)21)9(5)12(14)19/h1-3,7H,4H2,(H,13,16,17)/t7-/m0/s1. The lowest BCUT2D eigenvalue weighted by molar-refractivity contribution is -0.385. The molecule has 2 aliphatic rings. The molecular weight excluding hydrogens is 282 g/mol. The summed E-state index contributed by atoms with van der Waals surface area (Å²) >= 11 is 0. The van der Waals surface area contributed by atoms with Crippen LogP contribution in [0, 0.1) is 10.1 Å². The Balaban J connectivity index is 2.09. The maximum absolute atomic E-state index is 12.3. The third kappa shape index (κ3) is 1.71. The SMILES string of the molecule is O=C1C[C@H](N2C(=O)c3cccc([N+](=O)[O-])c3C2=O)C(=O)N1. The second-order valence-corrected chi connectivity index (χ2v) is 4.57. The van der Waals surface area contributed by atoms with Crippen LogP contribution < -0.4 is 5.32 Å². The van der Waals surface area contributed by atoms with Gasteiger partial charge in [0.2, 0.25) is 11.8 Å². The van der Waals surface area contributed by atoms with Crippen LogP contribution in [0.5, 0.6) is 0 Å². The average Bonchev–Trinajstić information content (AvgIpc) is 2.88. The molecule has 0 aliphatic carbocycles. The van der Waals surface area contributed by atoms with E-state index in [1.807, 2.05) is 5.32 Å². The Hall–Kier alpha value is -3.10. The quantitative estimate of drug-likeness (QED) is 0.448. The molecule has 1 aromatic carbocycles. The number of nitrogens with one attached hydrogen (secondary N) is 1. The zero-order valence-corrected chi connectivity index (χ0v) is 10.4. The fraction of sp³-hybridized carbons (Fsp3) is 0.167. The van der Waals surface area contributed by atoms with Crippen molar-refractivity contribution in [3.8, 4) is 0 Å². The first-order valence-electron chi connectivity index (χ1n) is 5.91. The number of hydrogen-bond acceptors (Lipinski definition) is 6. The molecular formula is C12H7N3O6. The largest absolute Gasteiger partial charge is 0.295 e. The van der Waals surface area contributed by atoms with E-state index in [-0.39, 0.29) is 17.5 Å². The molecule has 1 N–H and O–H groups in total. The second kappa shape index (κ2) is 4.20. The van der Waals surface area contributed by atoms with E-state index in [2.05, 4.69) is 0 Å². The lowest BCUT2D eigenvalue weighted by Gasteiger charge is -2.18. The molecule has 0 aromatic heterocycles. The lowest BCUT2D eigenvalue weighted by Crippen LogP contribution is -2.44. The Kier molecular flexibility index (Phi) is 2.58. The van der Waals surface area contributed by atoms with E-state index < -0.39 is 40.3 Å². The van der Waals surface area contributed by atoms with Crippen molar-refractivity contribution in [1.82, 2.24) is 10.2 Å². The van der Waals surface area contributed by atoms with Gasteiger partial charge in [-0.1, -0.05) is 6.07 Å². The Labute approximate surface area is 116 Å². The highest BCUT2D eigenvalue weighted by Gasteiger charge is 2.49. The van der Waals surface area contributed by atoms with Gasteiger partial charge in [-0.25, -0.2) is 0 Å². The first-order valence-corrected chi connectivity index (χ1v) is 5.91. The smallest absolute Gasteiger partial charge is 0.282 e. The summed E-state index contributed by atoms with van der Waals surface area (Å²) in [5.41, 5.74) is -0.987. The Bertz CT molecular complexity index is 741. The van der Waals surface area contributed by atoms with Gasteiger partial charge in [0.25, 0.3) is 17.5 Å². The lowest BCUT2D eigenvalue weighted by atomic mass is 10.1. The number of carbonyl (C=O) groups is 4. The van der Waals surface area contributed by atoms with Crippen LogP contribution in [0.4, 0.5) is 5.69 Å². The molecule has 106 valence electrons. The molecule has 9 heteroatoms. The summed E-state index contributed by atoms with van der Waals surface area (Å²) in [7, 11) is 0. The Morgan fingerprint density at radius 3 is 2.48 bits per heavy atom. The number of rotatable bonds is 2. The van der Waals surface area contributed by atoms with E-state index in [1.165, 1.54) is 12.1 Å². The molecule has 0 saturated carbocycles. The van der Waals surface area contributed by atoms with Crippen LogP contribution in [0.15, 0.2) is 18.2 Å². The highest BCUT2D eigenvalue weighted by molar-refractivity contribution is 6.25. The molecule has 0 bridgehead atoms. The normalized spacial score (nSPS) is 20.8. The first kappa shape index (κ1) is 12.9. The second-order valence-electron chi connectivity index (χ2n) is 4.57. The van der Waals surface area contributed by atoms with Crippen molar-refractivity contribution in [2.75, 3.05) is 0 Å². The molecule has 9 nitrogen and oxygen atoms in total. The van der Waals surface area contributed by atoms with Gasteiger partial charge in [-0.15, -0.1) is 0 Å². The van der Waals surface area contributed by atoms with Crippen LogP contribution in [0.1, 0.15) is 27.1 Å². The van der Waals surface area contributed by atoms with Crippen molar-refractivity contribution >= 4 is 29.3 Å². The van der Waals surface area contributed by atoms with Crippen molar-refractivity contribution < 1.29 is 24.1 Å². The van der Waals surface area contributed by atoms with E-state index >= 15 is 0 Å². The van der Waals surface area contributed by atoms with E-state index in [0.29, 0.717) is 4.90 Å². The third-order valence-corrected chi connectivity index (χ3v) is 3.38. The van der Waals surface area contributed by atoms with Crippen molar-refractivity contribution in [2.24, 2.45) is 0 Å². The molecule has 1 aromatic rings. The highest BCUT2D eigenvalue weighted by Crippen LogP contribution is 2.33. The van der Waals surface area contributed by atoms with E-state index in [1.54, 1.807) is 0 Å². The van der Waals surface area contributed by atoms with Gasteiger partial charge in [0.15, 0.2) is 0 Å². The molecule has 2 aliphatic heterocycles. The van der Waals surface area contributed by atoms with Crippen molar-refractivity contribution in [2.45, 2.75) is 12.5 Å². The summed E-state index contributed by atoms with van der Waals surface area (Å²) < 4.78 is 0. The highest BCUT2D eigenvalue weighted by atomic mass is 16.6. The molecule has 0 spiro atoms. The van der Waals surface area contributed by atoms with E-state index in [0.717, 1.165) is 6.07 Å². The van der Waals surface area contributed by atoms with Crippen molar-refractivity contribution in [3.63, 3.8) is 0 Å². The van der Waals surface area contributed by atoms with Crippen LogP contribution in [-0.4, -0.2) is 39.5 Å². The van der Waals surface area contributed by atoms with Gasteiger partial charge >= 0.3 is 0 Å². The zero-order chi connectivity index (χ0) is 15.3. The summed E-state index contributed by atoms with van der Waals surface area (Å²) in [5.74, 6) is -3.11. The Morgan fingerprint density at radius 1 is 1.19 bits per heavy atom. The third-order valence-electron chi connectivity index (χ3n) is 3.38. The number of imide groups is 2. The summed E-state index contributed by atoms with van der Waals surface area (Å²) in [6, 6.07) is 2.40. The molecule has 1 atom stereocenters. The Morgan fingerprint density at radius 2 is 1.90 bits per heavy atom. The maximum Gasteiger partial charge on any atom is 0.282 e. The summed E-state index contributed by atoms with van der Waals surface area (Å²) in [5, 5.41) is 12.9. The fourth-order valence-electron chi connectivity index (χ4n) is 2.47. The van der Waals surface area contributed by atoms with Crippen LogP contribution in [0.25, 0.3) is 0 Å². The number of amides is 4. The maximum atomic E-state index is 12.3. The van der Waals surface area contributed by atoms with Crippen molar-refractivity contribution in [3.05, 3.63) is 39.4 Å². The van der Waals surface area contributed by atoms with Gasteiger partial charge in [0.1, 0.15) is 11.6 Å². The van der Waals surface area contributed by atoms with Crippen LogP contribution in [0.3, 0.4) is 0 Å². The molecule has 21 heavy (non-hydrogen) atoms. The van der Waals surface area contributed by atoms with Gasteiger partial charge in [-0.3, -0.25) is 39.5 Å². The molecule has 1 saturated heterocycles. The summed E-state index contributed by atoms with van der Waals surface area (Å²) in [4.78, 5) is 58.1. The molecule has 2 heterocycles. The monoisotopic (exact) mass is 289 g/mol. The number of carbonyl (C=O) groups excluding carboxylic acids is 4. The number of nitro groups is 1. The van der Waals surface area contributed by atoms with E-state index in [4.69, 9.17) is 0 Å². The van der Waals surface area contributed by atoms with E-state index in [9.17, 15) is 29.3 Å². The topological polar surface area (TPSA) is 127 Å². The minimum atomic E-state index is -1.26. The number of fused-ring (bicyclic) bond motifs is 1. The number of nitro benzene ring substituents is 1. The molecule has 0 radical (unpaired) electrons. The summed E-state index contributed by atoms with van der Waals surface area (Å²) in [6.07, 6.45) is -0.335. The molecule has 1 fully saturated rings. The van der Waals surface area contributed by atoms with Crippen LogP contribution >= 0.6 is 0 Å². The van der Waals surface area contributed by atoms with Crippen molar-refractivity contribution in [1.29, 1.82) is 0 Å². The number of benzene rings is 1. The molecule has 4 amide bonds. The van der Waals surface area contributed by atoms with Crippen LogP contribution in [0.2, 0.25) is 0 Å². The summed E-state index contributed by atoms with van der Waals surface area (Å²) in [6.45, 7) is 0. The average molecular weight is 289 g/mol. The predicted molar refractivity (Wildman–Crippen MR) is 65.2 cm³/mol. The minimum Gasteiger partial charge on any atom is -0.295 e. The number of nitrogens with zero attached hydrogens (tertiary/aromatic N) is 2. The van der Waals surface area contributed by atoms with Crippen LogP contribution in [-0.2, 0) is 9.59 Å². The molecule has 3 rings (SSSR count).